The third-order valence-electron chi connectivity index (χ3n) is 4.68. The lowest BCUT2D eigenvalue weighted by molar-refractivity contribution is -0.117. The summed E-state index contributed by atoms with van der Waals surface area (Å²) in [6, 6.07) is 1.58. The van der Waals surface area contributed by atoms with E-state index in [-0.39, 0.29) is 17.5 Å². The van der Waals surface area contributed by atoms with E-state index in [0.29, 0.717) is 25.3 Å². The summed E-state index contributed by atoms with van der Waals surface area (Å²) >= 11 is 0. The Morgan fingerprint density at radius 2 is 2.04 bits per heavy atom. The van der Waals surface area contributed by atoms with Crippen molar-refractivity contribution in [1.82, 2.24) is 19.3 Å². The Morgan fingerprint density at radius 1 is 1.25 bits per heavy atom. The first kappa shape index (κ1) is 14.7. The number of hydrogen-bond donors (Lipinski definition) is 1. The van der Waals surface area contributed by atoms with Gasteiger partial charge in [0.1, 0.15) is 5.82 Å². The molecule has 0 aliphatic carbocycles. The lowest BCUT2D eigenvalue weighted by atomic mass is 10.1. The summed E-state index contributed by atoms with van der Waals surface area (Å²) in [5.74, 6) is 0.670. The molecule has 2 aliphatic heterocycles. The Morgan fingerprint density at radius 3 is 2.71 bits per heavy atom. The fraction of sp³-hybridized carbons (Fsp3) is 0.467. The molecular formula is C15H18N6O3. The molecule has 4 rings (SSSR count). The predicted octanol–water partition coefficient (Wildman–Crippen LogP) is -0.542. The van der Waals surface area contributed by atoms with Crippen LogP contribution in [-0.4, -0.2) is 44.9 Å². The second kappa shape index (κ2) is 5.36. The van der Waals surface area contributed by atoms with Crippen molar-refractivity contribution in [3.05, 3.63) is 39.3 Å². The van der Waals surface area contributed by atoms with Gasteiger partial charge in [-0.25, -0.2) is 4.79 Å². The molecule has 0 unspecified atom stereocenters. The van der Waals surface area contributed by atoms with E-state index in [0.717, 1.165) is 23.2 Å². The van der Waals surface area contributed by atoms with Crippen molar-refractivity contribution in [2.45, 2.75) is 18.9 Å². The highest BCUT2D eigenvalue weighted by Crippen LogP contribution is 2.27. The number of H-pyrrole nitrogens is 1. The number of anilines is 2. The summed E-state index contributed by atoms with van der Waals surface area (Å²) in [5, 5.41) is 4.35. The van der Waals surface area contributed by atoms with Gasteiger partial charge in [0.25, 0.3) is 5.56 Å². The second-order valence-electron chi connectivity index (χ2n) is 6.24. The van der Waals surface area contributed by atoms with E-state index < -0.39 is 5.69 Å². The molecule has 2 saturated heterocycles. The molecule has 2 aromatic rings. The van der Waals surface area contributed by atoms with Crippen molar-refractivity contribution >= 4 is 17.4 Å². The number of rotatable bonds is 3. The molecule has 0 bridgehead atoms. The molecule has 4 heterocycles. The predicted molar refractivity (Wildman–Crippen MR) is 87.4 cm³/mol. The van der Waals surface area contributed by atoms with Gasteiger partial charge >= 0.3 is 5.69 Å². The summed E-state index contributed by atoms with van der Waals surface area (Å²) in [4.78, 5) is 41.5. The van der Waals surface area contributed by atoms with Gasteiger partial charge in [0.15, 0.2) is 0 Å². The number of amides is 1. The van der Waals surface area contributed by atoms with E-state index in [4.69, 9.17) is 0 Å². The number of nitrogens with one attached hydrogen (secondary N) is 1. The number of carbonyl (C=O) groups is 1. The maximum absolute atomic E-state index is 11.8. The van der Waals surface area contributed by atoms with E-state index >= 15 is 0 Å². The minimum atomic E-state index is -0.421. The van der Waals surface area contributed by atoms with Crippen molar-refractivity contribution in [2.75, 3.05) is 29.4 Å². The van der Waals surface area contributed by atoms with Gasteiger partial charge in [0.2, 0.25) is 5.91 Å². The second-order valence-corrected chi connectivity index (χ2v) is 6.24. The van der Waals surface area contributed by atoms with Crippen molar-refractivity contribution in [1.29, 1.82) is 0 Å². The highest BCUT2D eigenvalue weighted by Gasteiger charge is 2.31. The van der Waals surface area contributed by atoms with Crippen LogP contribution in [0, 0.1) is 0 Å². The summed E-state index contributed by atoms with van der Waals surface area (Å²) in [6.07, 6.45) is 5.08. The SMILES string of the molecule is Cn1c(=O)cc(N2CC(n3cc(N4CCCC4=O)cn3)C2)[nH]c1=O. The Bertz CT molecular complexity index is 873. The standard InChI is InChI=1S/C15H18N6O3/c1-18-14(23)5-12(17-15(18)24)19-7-11(8-19)21-9-10(6-16-21)20-4-2-3-13(20)22/h5-6,9,11H,2-4,7-8H2,1H3,(H,17,24). The van der Waals surface area contributed by atoms with Crippen LogP contribution in [0.1, 0.15) is 18.9 Å². The molecule has 0 spiro atoms. The van der Waals surface area contributed by atoms with Gasteiger partial charge in [0, 0.05) is 45.4 Å². The molecule has 9 heteroatoms. The third-order valence-corrected chi connectivity index (χ3v) is 4.68. The van der Waals surface area contributed by atoms with Crippen molar-refractivity contribution < 1.29 is 4.79 Å². The molecular weight excluding hydrogens is 312 g/mol. The van der Waals surface area contributed by atoms with E-state index in [1.165, 1.54) is 13.1 Å². The molecule has 0 atom stereocenters. The molecule has 1 N–H and O–H groups in total. The van der Waals surface area contributed by atoms with Gasteiger partial charge in [-0.05, 0) is 6.42 Å². The monoisotopic (exact) mass is 330 g/mol. The lowest BCUT2D eigenvalue weighted by Gasteiger charge is -2.40. The first-order valence-electron chi connectivity index (χ1n) is 7.93. The first-order chi connectivity index (χ1) is 11.5. The zero-order chi connectivity index (χ0) is 16.8. The van der Waals surface area contributed by atoms with Crippen LogP contribution in [0.3, 0.4) is 0 Å². The van der Waals surface area contributed by atoms with Crippen LogP contribution >= 0.6 is 0 Å². The highest BCUT2D eigenvalue weighted by atomic mass is 16.2. The molecule has 2 fully saturated rings. The molecule has 24 heavy (non-hydrogen) atoms. The highest BCUT2D eigenvalue weighted by molar-refractivity contribution is 5.95. The van der Waals surface area contributed by atoms with Crippen molar-refractivity contribution in [3.63, 3.8) is 0 Å². The number of aromatic amines is 1. The minimum absolute atomic E-state index is 0.141. The van der Waals surface area contributed by atoms with E-state index in [2.05, 4.69) is 10.1 Å². The first-order valence-corrected chi connectivity index (χ1v) is 7.93. The molecule has 2 aliphatic rings. The zero-order valence-electron chi connectivity index (χ0n) is 13.3. The number of nitrogens with zero attached hydrogens (tertiary/aromatic N) is 5. The number of carbonyl (C=O) groups excluding carboxylic acids is 1. The van der Waals surface area contributed by atoms with Gasteiger partial charge in [-0.15, -0.1) is 0 Å². The fourth-order valence-electron chi connectivity index (χ4n) is 3.12. The average molecular weight is 330 g/mol. The topological polar surface area (TPSA) is 96.2 Å². The van der Waals surface area contributed by atoms with Crippen molar-refractivity contribution in [2.24, 2.45) is 7.05 Å². The molecule has 0 saturated carbocycles. The van der Waals surface area contributed by atoms with Crippen LogP contribution in [0.25, 0.3) is 0 Å². The van der Waals surface area contributed by atoms with Crippen LogP contribution < -0.4 is 21.0 Å². The number of aromatic nitrogens is 4. The summed E-state index contributed by atoms with van der Waals surface area (Å²) in [7, 11) is 1.44. The number of hydrogen-bond acceptors (Lipinski definition) is 5. The zero-order valence-corrected chi connectivity index (χ0v) is 13.3. The molecule has 126 valence electrons. The van der Waals surface area contributed by atoms with Crippen molar-refractivity contribution in [3.8, 4) is 0 Å². The Hall–Kier alpha value is -2.84. The van der Waals surface area contributed by atoms with Gasteiger partial charge in [-0.3, -0.25) is 23.8 Å². The Balaban J connectivity index is 1.46. The van der Waals surface area contributed by atoms with Crippen LogP contribution in [0.15, 0.2) is 28.0 Å². The third kappa shape index (κ3) is 2.32. The largest absolute Gasteiger partial charge is 0.353 e. The lowest BCUT2D eigenvalue weighted by Crippen LogP contribution is -2.49. The molecule has 9 nitrogen and oxygen atoms in total. The van der Waals surface area contributed by atoms with Crippen LogP contribution in [0.4, 0.5) is 11.5 Å². The van der Waals surface area contributed by atoms with Gasteiger partial charge in [0.05, 0.1) is 17.9 Å². The molecule has 1 amide bonds. The van der Waals surface area contributed by atoms with Gasteiger partial charge < -0.3 is 9.80 Å². The maximum Gasteiger partial charge on any atom is 0.329 e. The van der Waals surface area contributed by atoms with Gasteiger partial charge in [-0.2, -0.15) is 5.10 Å². The van der Waals surface area contributed by atoms with E-state index in [9.17, 15) is 14.4 Å². The molecule has 0 aromatic carbocycles. The Labute approximate surface area is 137 Å². The van der Waals surface area contributed by atoms with Crippen LogP contribution in [0.5, 0.6) is 0 Å². The Kier molecular flexibility index (Phi) is 3.29. The van der Waals surface area contributed by atoms with Gasteiger partial charge in [-0.1, -0.05) is 0 Å². The average Bonchev–Trinajstić information content (AvgIpc) is 3.12. The molecule has 0 radical (unpaired) electrons. The molecule has 2 aromatic heterocycles. The van der Waals surface area contributed by atoms with E-state index in [1.807, 2.05) is 15.8 Å². The fourth-order valence-corrected chi connectivity index (χ4v) is 3.12. The van der Waals surface area contributed by atoms with Crippen LogP contribution in [0.2, 0.25) is 0 Å². The normalized spacial score (nSPS) is 18.3. The maximum atomic E-state index is 11.8. The summed E-state index contributed by atoms with van der Waals surface area (Å²) in [5.41, 5.74) is 0.0823. The summed E-state index contributed by atoms with van der Waals surface area (Å²) < 4.78 is 2.88. The minimum Gasteiger partial charge on any atom is -0.353 e. The smallest absolute Gasteiger partial charge is 0.329 e. The summed E-state index contributed by atoms with van der Waals surface area (Å²) in [6.45, 7) is 2.05. The van der Waals surface area contributed by atoms with Crippen LogP contribution in [-0.2, 0) is 11.8 Å². The quantitative estimate of drug-likeness (QED) is 0.815. The van der Waals surface area contributed by atoms with E-state index in [1.54, 1.807) is 11.1 Å².